The Bertz CT molecular complexity index is 1420. The molecule has 4 heterocycles. The van der Waals surface area contributed by atoms with Gasteiger partial charge in [-0.05, 0) is 45.7 Å². The van der Waals surface area contributed by atoms with Crippen molar-refractivity contribution < 1.29 is 36.6 Å². The summed E-state index contributed by atoms with van der Waals surface area (Å²) in [5, 5.41) is 7.34. The minimum Gasteiger partial charge on any atom is -0.444 e. The number of hydrogen-bond donors (Lipinski definition) is 1. The fourth-order valence-corrected chi connectivity index (χ4v) is 4.95. The van der Waals surface area contributed by atoms with Crippen molar-refractivity contribution in [2.75, 3.05) is 18.4 Å². The van der Waals surface area contributed by atoms with Crippen LogP contribution in [-0.4, -0.2) is 62.9 Å². The number of aromatic nitrogens is 3. The molecule has 1 N–H and O–H groups in total. The molecule has 0 saturated carbocycles. The number of carbonyl (C=O) groups excluding carboxylic acids is 2. The van der Waals surface area contributed by atoms with Gasteiger partial charge < -0.3 is 14.4 Å². The lowest BCUT2D eigenvalue weighted by atomic mass is 9.97. The standard InChI is InChI=1S/C26H27F4N5O4/c1-25(2,3)39-24(37)34-12-9-16(27)18(10-13-34)35-17-7-5-4-6-14(17)20(33-35)15-8-11-31-22-19(15)21(26(28,29)30)38-23(36)32-22/h4-8,11,16,18,21H,9-10,12-13H2,1-3H3,(H,31,32,36)/t16-,18+,21+/m0/s1. The van der Waals surface area contributed by atoms with Crippen molar-refractivity contribution in [1.29, 1.82) is 0 Å². The van der Waals surface area contributed by atoms with Crippen molar-refractivity contribution in [3.8, 4) is 11.3 Å². The second-order valence-corrected chi connectivity index (χ2v) is 10.5. The lowest BCUT2D eigenvalue weighted by molar-refractivity contribution is -0.206. The molecule has 5 rings (SSSR count). The molecule has 3 aromatic rings. The molecule has 2 amide bonds. The number of alkyl halides is 4. The van der Waals surface area contributed by atoms with Crippen LogP contribution in [0, 0.1) is 0 Å². The SMILES string of the molecule is CC(C)(C)OC(=O)N1CC[C@@H](n2nc(-c3ccnc4c3[C@H](C(F)(F)F)OC(=O)N4)c3ccccc32)[C@@H](F)CC1. The van der Waals surface area contributed by atoms with Crippen LogP contribution < -0.4 is 5.32 Å². The number of rotatable bonds is 2. The first-order chi connectivity index (χ1) is 18.3. The average molecular weight is 550 g/mol. The van der Waals surface area contributed by atoms with E-state index in [2.05, 4.69) is 20.1 Å². The molecule has 2 aliphatic rings. The molecule has 1 fully saturated rings. The van der Waals surface area contributed by atoms with Gasteiger partial charge in [-0.25, -0.2) is 19.0 Å². The highest BCUT2D eigenvalue weighted by Gasteiger charge is 2.49. The highest BCUT2D eigenvalue weighted by molar-refractivity contribution is 5.97. The highest BCUT2D eigenvalue weighted by atomic mass is 19.4. The van der Waals surface area contributed by atoms with E-state index in [1.807, 2.05) is 0 Å². The number of likely N-dealkylation sites (tertiary alicyclic amines) is 1. The molecule has 39 heavy (non-hydrogen) atoms. The van der Waals surface area contributed by atoms with Gasteiger partial charge in [-0.1, -0.05) is 18.2 Å². The molecule has 3 atom stereocenters. The molecule has 0 radical (unpaired) electrons. The zero-order valence-electron chi connectivity index (χ0n) is 21.5. The Labute approximate surface area is 221 Å². The number of hydrogen-bond acceptors (Lipinski definition) is 6. The number of ether oxygens (including phenoxy) is 2. The van der Waals surface area contributed by atoms with Crippen molar-refractivity contribution in [3.63, 3.8) is 0 Å². The van der Waals surface area contributed by atoms with Crippen LogP contribution in [0.5, 0.6) is 0 Å². The third kappa shape index (κ3) is 5.21. The van der Waals surface area contributed by atoms with Crippen molar-refractivity contribution in [2.45, 2.75) is 63.7 Å². The Kier molecular flexibility index (Phi) is 6.63. The normalized spacial score (nSPS) is 22.1. The van der Waals surface area contributed by atoms with Gasteiger partial charge in [0, 0.05) is 30.2 Å². The molecule has 0 unspecified atom stereocenters. The van der Waals surface area contributed by atoms with E-state index in [-0.39, 0.29) is 48.6 Å². The predicted molar refractivity (Wildman–Crippen MR) is 133 cm³/mol. The van der Waals surface area contributed by atoms with E-state index in [1.54, 1.807) is 45.0 Å². The molecule has 9 nitrogen and oxygen atoms in total. The molecule has 0 bridgehead atoms. The van der Waals surface area contributed by atoms with Crippen molar-refractivity contribution in [2.24, 2.45) is 0 Å². The number of carbonyl (C=O) groups is 2. The zero-order chi connectivity index (χ0) is 28.1. The monoisotopic (exact) mass is 549 g/mol. The van der Waals surface area contributed by atoms with Gasteiger partial charge in [0.2, 0.25) is 6.10 Å². The van der Waals surface area contributed by atoms with Crippen LogP contribution in [0.3, 0.4) is 0 Å². The summed E-state index contributed by atoms with van der Waals surface area (Å²) in [4.78, 5) is 29.8. The van der Waals surface area contributed by atoms with Crippen LogP contribution in [-0.2, 0) is 9.47 Å². The Morgan fingerprint density at radius 2 is 1.85 bits per heavy atom. The van der Waals surface area contributed by atoms with Gasteiger partial charge in [-0.2, -0.15) is 18.3 Å². The Morgan fingerprint density at radius 1 is 1.13 bits per heavy atom. The summed E-state index contributed by atoms with van der Waals surface area (Å²) >= 11 is 0. The maximum Gasteiger partial charge on any atom is 0.430 e. The zero-order valence-corrected chi connectivity index (χ0v) is 21.5. The van der Waals surface area contributed by atoms with Gasteiger partial charge in [0.15, 0.2) is 0 Å². The molecule has 2 aliphatic heterocycles. The first-order valence-electron chi connectivity index (χ1n) is 12.5. The lowest BCUT2D eigenvalue weighted by Crippen LogP contribution is -2.37. The van der Waals surface area contributed by atoms with Gasteiger partial charge in [-0.15, -0.1) is 0 Å². The number of anilines is 1. The molecule has 2 aromatic heterocycles. The molecule has 208 valence electrons. The largest absolute Gasteiger partial charge is 0.444 e. The van der Waals surface area contributed by atoms with Crippen molar-refractivity contribution >= 4 is 28.9 Å². The van der Waals surface area contributed by atoms with E-state index >= 15 is 4.39 Å². The van der Waals surface area contributed by atoms with E-state index in [4.69, 9.17) is 4.74 Å². The van der Waals surface area contributed by atoms with Gasteiger partial charge in [-0.3, -0.25) is 10.00 Å². The molecule has 0 spiro atoms. The van der Waals surface area contributed by atoms with Crippen LogP contribution in [0.15, 0.2) is 36.5 Å². The summed E-state index contributed by atoms with van der Waals surface area (Å²) < 4.78 is 69.0. The number of nitrogens with one attached hydrogen (secondary N) is 1. The smallest absolute Gasteiger partial charge is 0.430 e. The fraction of sp³-hybridized carbons (Fsp3) is 0.462. The third-order valence-corrected chi connectivity index (χ3v) is 6.62. The first-order valence-corrected chi connectivity index (χ1v) is 12.5. The number of fused-ring (bicyclic) bond motifs is 2. The van der Waals surface area contributed by atoms with E-state index < -0.39 is 42.3 Å². The summed E-state index contributed by atoms with van der Waals surface area (Å²) in [5.41, 5.74) is -0.350. The number of para-hydroxylation sites is 1. The summed E-state index contributed by atoms with van der Waals surface area (Å²) in [6.45, 7) is 5.61. The van der Waals surface area contributed by atoms with E-state index in [0.29, 0.717) is 10.9 Å². The Hall–Kier alpha value is -3.90. The number of nitrogens with zero attached hydrogens (tertiary/aromatic N) is 4. The maximum absolute atomic E-state index is 15.6. The molecular weight excluding hydrogens is 522 g/mol. The van der Waals surface area contributed by atoms with E-state index in [9.17, 15) is 22.8 Å². The van der Waals surface area contributed by atoms with Gasteiger partial charge in [0.25, 0.3) is 0 Å². The van der Waals surface area contributed by atoms with Gasteiger partial charge in [0.05, 0.1) is 17.1 Å². The van der Waals surface area contributed by atoms with E-state index in [1.165, 1.54) is 21.8 Å². The Balaban J connectivity index is 1.57. The average Bonchev–Trinajstić information content (AvgIpc) is 3.11. The molecule has 1 aromatic carbocycles. The van der Waals surface area contributed by atoms with Crippen LogP contribution in [0.2, 0.25) is 0 Å². The number of pyridine rings is 1. The summed E-state index contributed by atoms with van der Waals surface area (Å²) in [7, 11) is 0. The molecular formula is C26H27F4N5O4. The van der Waals surface area contributed by atoms with Gasteiger partial charge >= 0.3 is 18.4 Å². The number of halogens is 4. The van der Waals surface area contributed by atoms with Crippen LogP contribution in [0.4, 0.5) is 33.0 Å². The quantitative estimate of drug-likeness (QED) is 0.384. The summed E-state index contributed by atoms with van der Waals surface area (Å²) in [6.07, 6.45) is -9.13. The van der Waals surface area contributed by atoms with Crippen molar-refractivity contribution in [1.82, 2.24) is 19.7 Å². The summed E-state index contributed by atoms with van der Waals surface area (Å²) in [5.74, 6) is -0.282. The predicted octanol–water partition coefficient (Wildman–Crippen LogP) is 6.17. The topological polar surface area (TPSA) is 98.6 Å². The van der Waals surface area contributed by atoms with Crippen LogP contribution in [0.1, 0.15) is 51.3 Å². The second kappa shape index (κ2) is 9.69. The molecule has 1 saturated heterocycles. The number of cyclic esters (lactones) is 1. The lowest BCUT2D eigenvalue weighted by Gasteiger charge is -2.28. The molecule has 13 heteroatoms. The van der Waals surface area contributed by atoms with E-state index in [0.717, 1.165) is 0 Å². The second-order valence-electron chi connectivity index (χ2n) is 10.5. The van der Waals surface area contributed by atoms with Gasteiger partial charge in [0.1, 0.15) is 23.3 Å². The van der Waals surface area contributed by atoms with Crippen LogP contribution >= 0.6 is 0 Å². The minimum atomic E-state index is -4.90. The van der Waals surface area contributed by atoms with Crippen LogP contribution in [0.25, 0.3) is 22.2 Å². The number of benzene rings is 1. The first kappa shape index (κ1) is 26.7. The fourth-order valence-electron chi connectivity index (χ4n) is 4.95. The maximum atomic E-state index is 15.6. The third-order valence-electron chi connectivity index (χ3n) is 6.62. The Morgan fingerprint density at radius 3 is 2.56 bits per heavy atom. The van der Waals surface area contributed by atoms with Crippen molar-refractivity contribution in [3.05, 3.63) is 42.1 Å². The summed E-state index contributed by atoms with van der Waals surface area (Å²) in [6, 6.07) is 7.40. The number of amides is 2. The molecule has 0 aliphatic carbocycles. The highest BCUT2D eigenvalue weighted by Crippen LogP contribution is 2.46. The minimum absolute atomic E-state index is 0.0358.